The Kier molecular flexibility index (Phi) is 6.28. The maximum atomic E-state index is 13.1. The molecular formula is C23H21F3N4O3. The minimum atomic E-state index is -4.49. The second-order valence-corrected chi connectivity index (χ2v) is 7.88. The van der Waals surface area contributed by atoms with Crippen molar-refractivity contribution in [2.75, 3.05) is 0 Å². The number of amides is 1. The van der Waals surface area contributed by atoms with Gasteiger partial charge in [-0.05, 0) is 43.2 Å². The Balaban J connectivity index is 1.77. The van der Waals surface area contributed by atoms with Gasteiger partial charge in [-0.1, -0.05) is 25.0 Å². The van der Waals surface area contributed by atoms with Gasteiger partial charge < -0.3 is 10.4 Å². The number of carbonyl (C=O) groups is 1. The van der Waals surface area contributed by atoms with E-state index < -0.39 is 35.4 Å². The zero-order valence-corrected chi connectivity index (χ0v) is 17.4. The molecule has 2 aromatic heterocycles. The lowest BCUT2D eigenvalue weighted by atomic mass is 9.92. The van der Waals surface area contributed by atoms with Gasteiger partial charge in [-0.25, -0.2) is 0 Å². The number of carbonyl (C=O) groups excluding carboxylic acids is 1. The summed E-state index contributed by atoms with van der Waals surface area (Å²) in [6, 6.07) is 8.22. The highest BCUT2D eigenvalue weighted by Crippen LogP contribution is 2.30. The molecule has 10 heteroatoms. The second kappa shape index (κ2) is 9.14. The molecule has 1 fully saturated rings. The van der Waals surface area contributed by atoms with Gasteiger partial charge in [0.25, 0.3) is 11.5 Å². The van der Waals surface area contributed by atoms with Crippen molar-refractivity contribution >= 4 is 5.91 Å². The minimum absolute atomic E-state index is 0.140. The fourth-order valence-corrected chi connectivity index (χ4v) is 3.81. The fourth-order valence-electron chi connectivity index (χ4n) is 3.81. The molecule has 1 aliphatic rings. The van der Waals surface area contributed by atoms with Crippen molar-refractivity contribution in [3.8, 4) is 16.9 Å². The Morgan fingerprint density at radius 1 is 1.12 bits per heavy atom. The molecule has 2 atom stereocenters. The summed E-state index contributed by atoms with van der Waals surface area (Å²) in [7, 11) is 0. The molecule has 33 heavy (non-hydrogen) atoms. The third-order valence-electron chi connectivity index (χ3n) is 5.60. The van der Waals surface area contributed by atoms with E-state index in [-0.39, 0.29) is 11.3 Å². The van der Waals surface area contributed by atoms with E-state index in [2.05, 4.69) is 15.4 Å². The van der Waals surface area contributed by atoms with E-state index in [0.717, 1.165) is 29.7 Å². The molecule has 3 aromatic rings. The van der Waals surface area contributed by atoms with Crippen molar-refractivity contribution in [1.82, 2.24) is 20.1 Å². The van der Waals surface area contributed by atoms with Crippen LogP contribution >= 0.6 is 0 Å². The maximum absolute atomic E-state index is 13.1. The van der Waals surface area contributed by atoms with E-state index in [1.54, 1.807) is 12.1 Å². The number of nitrogens with zero attached hydrogens (tertiary/aromatic N) is 3. The number of alkyl halides is 3. The molecule has 0 saturated heterocycles. The number of aromatic nitrogens is 3. The van der Waals surface area contributed by atoms with Gasteiger partial charge in [-0.3, -0.25) is 14.6 Å². The SMILES string of the molecule is O=C(N[C@@H]1CCCC[C@@H]1O)c1cc(-c2ccc(C(F)(F)F)cc2)nn(-c2cccnc2)c1=O. The Labute approximate surface area is 186 Å². The normalized spacial score (nSPS) is 18.7. The van der Waals surface area contributed by atoms with Crippen LogP contribution in [0.5, 0.6) is 0 Å². The van der Waals surface area contributed by atoms with Crippen molar-refractivity contribution in [2.45, 2.75) is 44.0 Å². The summed E-state index contributed by atoms with van der Waals surface area (Å²) in [5.41, 5.74) is -1.03. The molecule has 2 heterocycles. The highest BCUT2D eigenvalue weighted by Gasteiger charge is 2.30. The van der Waals surface area contributed by atoms with Gasteiger partial charge in [-0.2, -0.15) is 23.0 Å². The number of hydrogen-bond acceptors (Lipinski definition) is 5. The lowest BCUT2D eigenvalue weighted by Crippen LogP contribution is -2.46. The highest BCUT2D eigenvalue weighted by atomic mass is 19.4. The first-order valence-electron chi connectivity index (χ1n) is 10.5. The average Bonchev–Trinajstić information content (AvgIpc) is 2.81. The van der Waals surface area contributed by atoms with E-state index >= 15 is 0 Å². The van der Waals surface area contributed by atoms with Crippen LogP contribution in [0.1, 0.15) is 41.6 Å². The lowest BCUT2D eigenvalue weighted by Gasteiger charge is -2.28. The number of hydrogen-bond donors (Lipinski definition) is 2. The smallest absolute Gasteiger partial charge is 0.391 e. The standard InChI is InChI=1S/C23H21F3N4O3/c24-23(25,26)15-9-7-14(8-10-15)19-12-17(21(32)28-18-5-1-2-6-20(18)31)22(33)30(29-19)16-4-3-11-27-13-16/h3-4,7-13,18,20,31H,1-2,5-6H2,(H,28,32)/t18-,20+/m1/s1. The average molecular weight is 458 g/mol. The highest BCUT2D eigenvalue weighted by molar-refractivity contribution is 5.95. The van der Waals surface area contributed by atoms with Crippen LogP contribution in [0.2, 0.25) is 0 Å². The van der Waals surface area contributed by atoms with Crippen LogP contribution in [-0.2, 0) is 6.18 Å². The monoisotopic (exact) mass is 458 g/mol. The number of aliphatic hydroxyl groups excluding tert-OH is 1. The van der Waals surface area contributed by atoms with Gasteiger partial charge in [0, 0.05) is 11.8 Å². The Morgan fingerprint density at radius 2 is 1.85 bits per heavy atom. The summed E-state index contributed by atoms with van der Waals surface area (Å²) in [6.45, 7) is 0. The van der Waals surface area contributed by atoms with Crippen LogP contribution in [0, 0.1) is 0 Å². The van der Waals surface area contributed by atoms with Gasteiger partial charge >= 0.3 is 6.18 Å². The molecule has 4 rings (SSSR count). The number of rotatable bonds is 4. The van der Waals surface area contributed by atoms with Crippen LogP contribution < -0.4 is 10.9 Å². The lowest BCUT2D eigenvalue weighted by molar-refractivity contribution is -0.137. The summed E-state index contributed by atoms with van der Waals surface area (Å²) in [5.74, 6) is -0.681. The molecule has 0 aliphatic heterocycles. The van der Waals surface area contributed by atoms with E-state index in [9.17, 15) is 27.9 Å². The van der Waals surface area contributed by atoms with E-state index in [4.69, 9.17) is 0 Å². The van der Waals surface area contributed by atoms with E-state index in [1.807, 2.05) is 0 Å². The Morgan fingerprint density at radius 3 is 2.48 bits per heavy atom. The predicted molar refractivity (Wildman–Crippen MR) is 114 cm³/mol. The first-order valence-corrected chi connectivity index (χ1v) is 10.5. The number of benzene rings is 1. The van der Waals surface area contributed by atoms with Crippen molar-refractivity contribution < 1.29 is 23.1 Å². The summed E-state index contributed by atoms with van der Waals surface area (Å²) in [4.78, 5) is 30.1. The number of nitrogens with one attached hydrogen (secondary N) is 1. The third kappa shape index (κ3) is 4.95. The first-order chi connectivity index (χ1) is 15.7. The predicted octanol–water partition coefficient (Wildman–Crippen LogP) is 3.35. The maximum Gasteiger partial charge on any atom is 0.416 e. The van der Waals surface area contributed by atoms with Gasteiger partial charge in [0.05, 0.1) is 35.3 Å². The van der Waals surface area contributed by atoms with Crippen LogP contribution in [0.4, 0.5) is 13.2 Å². The van der Waals surface area contributed by atoms with Crippen molar-refractivity contribution in [3.63, 3.8) is 0 Å². The quantitative estimate of drug-likeness (QED) is 0.625. The minimum Gasteiger partial charge on any atom is -0.391 e. The third-order valence-corrected chi connectivity index (χ3v) is 5.60. The van der Waals surface area contributed by atoms with Crippen LogP contribution in [-0.4, -0.2) is 37.9 Å². The topological polar surface area (TPSA) is 97.1 Å². The summed E-state index contributed by atoms with van der Waals surface area (Å²) in [5, 5.41) is 17.2. The number of halogens is 3. The molecule has 0 spiro atoms. The van der Waals surface area contributed by atoms with Crippen molar-refractivity contribution in [3.05, 3.63) is 76.3 Å². The first kappa shape index (κ1) is 22.7. The zero-order chi connectivity index (χ0) is 23.6. The molecular weight excluding hydrogens is 437 g/mol. The van der Waals surface area contributed by atoms with Gasteiger partial charge in [-0.15, -0.1) is 0 Å². The molecule has 0 bridgehead atoms. The van der Waals surface area contributed by atoms with E-state index in [0.29, 0.717) is 24.1 Å². The molecule has 1 saturated carbocycles. The fraction of sp³-hybridized carbons (Fsp3) is 0.304. The molecule has 7 nitrogen and oxygen atoms in total. The van der Waals surface area contributed by atoms with Gasteiger partial charge in [0.1, 0.15) is 5.56 Å². The largest absolute Gasteiger partial charge is 0.416 e. The van der Waals surface area contributed by atoms with E-state index in [1.165, 1.54) is 30.6 Å². The Hall–Kier alpha value is -3.53. The van der Waals surface area contributed by atoms with Crippen LogP contribution in [0.3, 0.4) is 0 Å². The summed E-state index contributed by atoms with van der Waals surface area (Å²) in [6.07, 6.45) is 0.526. The second-order valence-electron chi connectivity index (χ2n) is 7.88. The molecule has 1 amide bonds. The number of aliphatic hydroxyl groups is 1. The Bertz CT molecular complexity index is 1190. The molecule has 0 unspecified atom stereocenters. The molecule has 1 aromatic carbocycles. The molecule has 0 radical (unpaired) electrons. The molecule has 172 valence electrons. The zero-order valence-electron chi connectivity index (χ0n) is 17.4. The van der Waals surface area contributed by atoms with Crippen LogP contribution in [0.25, 0.3) is 16.9 Å². The van der Waals surface area contributed by atoms with Gasteiger partial charge in [0.2, 0.25) is 0 Å². The summed E-state index contributed by atoms with van der Waals surface area (Å²) >= 11 is 0. The number of pyridine rings is 1. The van der Waals surface area contributed by atoms with Crippen LogP contribution in [0.15, 0.2) is 59.7 Å². The van der Waals surface area contributed by atoms with Crippen molar-refractivity contribution in [1.29, 1.82) is 0 Å². The van der Waals surface area contributed by atoms with Gasteiger partial charge in [0.15, 0.2) is 0 Å². The molecule has 1 aliphatic carbocycles. The van der Waals surface area contributed by atoms with Crippen molar-refractivity contribution in [2.24, 2.45) is 0 Å². The summed E-state index contributed by atoms with van der Waals surface area (Å²) < 4.78 is 39.8. The molecule has 2 N–H and O–H groups in total.